The van der Waals surface area contributed by atoms with E-state index in [9.17, 15) is 9.59 Å². The van der Waals surface area contributed by atoms with Gasteiger partial charge in [-0.05, 0) is 44.0 Å². The van der Waals surface area contributed by atoms with Crippen molar-refractivity contribution in [2.24, 2.45) is 0 Å². The second-order valence-electron chi connectivity index (χ2n) is 6.05. The van der Waals surface area contributed by atoms with Gasteiger partial charge in [-0.15, -0.1) is 0 Å². The molecule has 0 fully saturated rings. The first kappa shape index (κ1) is 18.6. The van der Waals surface area contributed by atoms with Crippen molar-refractivity contribution in [2.75, 3.05) is 13.6 Å². The Kier molecular flexibility index (Phi) is 6.22. The molecule has 0 saturated carbocycles. The number of aliphatic carboxylic acids is 1. The lowest BCUT2D eigenvalue weighted by Gasteiger charge is -2.14. The maximum absolute atomic E-state index is 12.2. The molecule has 1 N–H and O–H groups in total. The minimum Gasteiger partial charge on any atom is -0.485 e. The van der Waals surface area contributed by atoms with Crippen molar-refractivity contribution in [3.8, 4) is 5.75 Å². The van der Waals surface area contributed by atoms with Gasteiger partial charge in [-0.1, -0.05) is 17.7 Å². The number of ether oxygens (including phenoxy) is 1. The smallest absolute Gasteiger partial charge is 0.303 e. The van der Waals surface area contributed by atoms with Gasteiger partial charge in [-0.2, -0.15) is 0 Å². The zero-order chi connectivity index (χ0) is 18.4. The van der Waals surface area contributed by atoms with Crippen LogP contribution in [0.15, 0.2) is 34.7 Å². The van der Waals surface area contributed by atoms with Gasteiger partial charge < -0.3 is 19.2 Å². The Bertz CT molecular complexity index is 750. The first-order chi connectivity index (χ1) is 11.9. The number of hydrogen-bond acceptors (Lipinski definition) is 4. The number of amides is 1. The second-order valence-corrected chi connectivity index (χ2v) is 6.05. The molecule has 0 saturated heterocycles. The zero-order valence-corrected chi connectivity index (χ0v) is 14.7. The normalized spacial score (nSPS) is 10.5. The molecule has 0 aliphatic carbocycles. The summed E-state index contributed by atoms with van der Waals surface area (Å²) in [5.41, 5.74) is 2.21. The van der Waals surface area contributed by atoms with Crippen LogP contribution in [-0.4, -0.2) is 35.5 Å². The van der Waals surface area contributed by atoms with Crippen LogP contribution in [-0.2, 0) is 11.4 Å². The molecule has 6 nitrogen and oxygen atoms in total. The van der Waals surface area contributed by atoms with Crippen molar-refractivity contribution in [3.63, 3.8) is 0 Å². The number of benzene rings is 1. The van der Waals surface area contributed by atoms with E-state index < -0.39 is 5.97 Å². The average molecular weight is 345 g/mol. The fourth-order valence-electron chi connectivity index (χ4n) is 2.44. The number of furan rings is 1. The van der Waals surface area contributed by atoms with Crippen LogP contribution >= 0.6 is 0 Å². The molecule has 2 aromatic rings. The number of aryl methyl sites for hydroxylation is 2. The van der Waals surface area contributed by atoms with Crippen LogP contribution in [0, 0.1) is 13.8 Å². The molecule has 6 heteroatoms. The molecule has 2 rings (SSSR count). The van der Waals surface area contributed by atoms with E-state index in [1.165, 1.54) is 10.5 Å². The fraction of sp³-hybridized carbons (Fsp3) is 0.368. The number of carbonyl (C=O) groups excluding carboxylic acids is 1. The highest BCUT2D eigenvalue weighted by Gasteiger charge is 2.16. The Labute approximate surface area is 147 Å². The molecule has 0 aliphatic heterocycles. The lowest BCUT2D eigenvalue weighted by molar-refractivity contribution is -0.137. The largest absolute Gasteiger partial charge is 0.485 e. The van der Waals surface area contributed by atoms with Gasteiger partial charge in [0.15, 0.2) is 5.76 Å². The number of rotatable bonds is 8. The van der Waals surface area contributed by atoms with Crippen molar-refractivity contribution in [3.05, 3.63) is 53.0 Å². The summed E-state index contributed by atoms with van der Waals surface area (Å²) in [6.45, 7) is 4.60. The molecule has 0 radical (unpaired) electrons. The van der Waals surface area contributed by atoms with E-state index >= 15 is 0 Å². The number of carboxylic acids is 1. The predicted octanol–water partition coefficient (Wildman–Crippen LogP) is 3.41. The van der Waals surface area contributed by atoms with Crippen molar-refractivity contribution in [1.29, 1.82) is 0 Å². The van der Waals surface area contributed by atoms with E-state index in [0.29, 0.717) is 18.7 Å². The van der Waals surface area contributed by atoms with E-state index in [1.54, 1.807) is 19.2 Å². The van der Waals surface area contributed by atoms with Crippen LogP contribution in [0.25, 0.3) is 0 Å². The quantitative estimate of drug-likeness (QED) is 0.793. The SMILES string of the molecule is Cc1ccc(OCc2ccc(C(=O)N(C)CCCC(=O)O)o2)c(C)c1. The van der Waals surface area contributed by atoms with E-state index in [0.717, 1.165) is 11.3 Å². The van der Waals surface area contributed by atoms with Gasteiger partial charge in [0.05, 0.1) is 0 Å². The van der Waals surface area contributed by atoms with Gasteiger partial charge in [0, 0.05) is 20.0 Å². The highest BCUT2D eigenvalue weighted by molar-refractivity contribution is 5.91. The molecule has 0 aliphatic rings. The van der Waals surface area contributed by atoms with Crippen molar-refractivity contribution >= 4 is 11.9 Å². The highest BCUT2D eigenvalue weighted by Crippen LogP contribution is 2.20. The minimum atomic E-state index is -0.871. The van der Waals surface area contributed by atoms with Crippen LogP contribution in [0.4, 0.5) is 0 Å². The molecule has 0 atom stereocenters. The van der Waals surface area contributed by atoms with Crippen molar-refractivity contribution in [2.45, 2.75) is 33.3 Å². The number of carbonyl (C=O) groups is 2. The van der Waals surface area contributed by atoms with Crippen LogP contribution < -0.4 is 4.74 Å². The van der Waals surface area contributed by atoms with Gasteiger partial charge in [0.1, 0.15) is 18.1 Å². The molecule has 0 unspecified atom stereocenters. The summed E-state index contributed by atoms with van der Waals surface area (Å²) in [5.74, 6) is 0.410. The Morgan fingerprint density at radius 1 is 1.20 bits per heavy atom. The lowest BCUT2D eigenvalue weighted by Crippen LogP contribution is -2.27. The highest BCUT2D eigenvalue weighted by atomic mass is 16.5. The molecule has 1 aromatic carbocycles. The third kappa shape index (κ3) is 5.38. The number of hydrogen-bond donors (Lipinski definition) is 1. The van der Waals surface area contributed by atoms with Gasteiger partial charge >= 0.3 is 5.97 Å². The molecular weight excluding hydrogens is 322 g/mol. The van der Waals surface area contributed by atoms with Gasteiger partial charge in [0.2, 0.25) is 0 Å². The topological polar surface area (TPSA) is 80.0 Å². The molecule has 0 bridgehead atoms. The van der Waals surface area contributed by atoms with Gasteiger partial charge in [0.25, 0.3) is 5.91 Å². The second kappa shape index (κ2) is 8.37. The lowest BCUT2D eigenvalue weighted by atomic mass is 10.1. The summed E-state index contributed by atoms with van der Waals surface area (Å²) < 4.78 is 11.3. The van der Waals surface area contributed by atoms with Crippen LogP contribution in [0.2, 0.25) is 0 Å². The Balaban J connectivity index is 1.90. The fourth-order valence-corrected chi connectivity index (χ4v) is 2.44. The van der Waals surface area contributed by atoms with E-state index in [2.05, 4.69) is 0 Å². The van der Waals surface area contributed by atoms with E-state index in [1.807, 2.05) is 32.0 Å². The summed E-state index contributed by atoms with van der Waals surface area (Å²) >= 11 is 0. The number of nitrogens with zero attached hydrogens (tertiary/aromatic N) is 1. The van der Waals surface area contributed by atoms with E-state index in [-0.39, 0.29) is 24.7 Å². The molecule has 0 spiro atoms. The molecule has 1 amide bonds. The summed E-state index contributed by atoms with van der Waals surface area (Å²) in [5, 5.41) is 8.64. The molecule has 1 aromatic heterocycles. The third-order valence-electron chi connectivity index (χ3n) is 3.80. The summed E-state index contributed by atoms with van der Waals surface area (Å²) in [4.78, 5) is 24.2. The summed E-state index contributed by atoms with van der Waals surface area (Å²) in [6, 6.07) is 9.25. The van der Waals surface area contributed by atoms with Gasteiger partial charge in [-0.3, -0.25) is 9.59 Å². The Morgan fingerprint density at radius 3 is 2.64 bits per heavy atom. The average Bonchev–Trinajstić information content (AvgIpc) is 3.01. The molecular formula is C19H23NO5. The van der Waals surface area contributed by atoms with E-state index in [4.69, 9.17) is 14.3 Å². The van der Waals surface area contributed by atoms with Crippen molar-refractivity contribution in [1.82, 2.24) is 4.90 Å². The Morgan fingerprint density at radius 2 is 1.96 bits per heavy atom. The maximum atomic E-state index is 12.2. The monoisotopic (exact) mass is 345 g/mol. The molecule has 1 heterocycles. The summed E-state index contributed by atoms with van der Waals surface area (Å²) in [6.07, 6.45) is 0.436. The third-order valence-corrected chi connectivity index (χ3v) is 3.80. The van der Waals surface area contributed by atoms with Gasteiger partial charge in [-0.25, -0.2) is 0 Å². The predicted molar refractivity (Wildman–Crippen MR) is 92.8 cm³/mol. The Hall–Kier alpha value is -2.76. The van der Waals surface area contributed by atoms with Crippen LogP contribution in [0.5, 0.6) is 5.75 Å². The maximum Gasteiger partial charge on any atom is 0.303 e. The first-order valence-electron chi connectivity index (χ1n) is 8.13. The minimum absolute atomic E-state index is 0.0325. The summed E-state index contributed by atoms with van der Waals surface area (Å²) in [7, 11) is 1.62. The van der Waals surface area contributed by atoms with Crippen LogP contribution in [0.1, 0.15) is 40.3 Å². The number of carboxylic acid groups (broad SMARTS) is 1. The molecule has 25 heavy (non-hydrogen) atoms. The van der Waals surface area contributed by atoms with Crippen molar-refractivity contribution < 1.29 is 23.8 Å². The zero-order valence-electron chi connectivity index (χ0n) is 14.7. The first-order valence-corrected chi connectivity index (χ1v) is 8.13. The standard InChI is InChI=1S/C19H23NO5/c1-13-6-8-16(14(2)11-13)24-12-15-7-9-17(25-15)19(23)20(3)10-4-5-18(21)22/h6-9,11H,4-5,10,12H2,1-3H3,(H,21,22). The van der Waals surface area contributed by atoms with Crippen LogP contribution in [0.3, 0.4) is 0 Å². The molecule has 134 valence electrons.